The van der Waals surface area contributed by atoms with E-state index in [0.717, 1.165) is 16.7 Å². The van der Waals surface area contributed by atoms with Crippen molar-refractivity contribution in [1.82, 2.24) is 25.4 Å². The summed E-state index contributed by atoms with van der Waals surface area (Å²) in [6.45, 7) is 1.28. The quantitative estimate of drug-likeness (QED) is 0.106. The standard InChI is InChI=1S/C43H45ClF3N5O7/c1-26-14-15-48-20-34(26)39-13-10-31(58-39)19-28(41(55)50-40-33-4-2-3-5-38(33)57-24-36(40)54)18-30(53)21-52-17-16-51(23-35(52)42(56)49-25-43(45,46)47)22-32-11-12-37(59-32)27-6-8-29(44)9-7-27/h2-15,20,28,30,35-36,40,53-54H,16-19,21-25H2,1H3,(H,49,56)(H,50,55)/t28-,30-,35-,36+,40-/m0/s1. The summed E-state index contributed by atoms with van der Waals surface area (Å²) in [7, 11) is 0. The minimum absolute atomic E-state index is 0.0333. The van der Waals surface area contributed by atoms with Crippen LogP contribution in [0.15, 0.2) is 100 Å². The zero-order valence-electron chi connectivity index (χ0n) is 32.2. The Kier molecular flexibility index (Phi) is 13.1. The highest BCUT2D eigenvalue weighted by Gasteiger charge is 2.38. The van der Waals surface area contributed by atoms with E-state index in [2.05, 4.69) is 10.3 Å². The van der Waals surface area contributed by atoms with Crippen LogP contribution in [0.5, 0.6) is 5.75 Å². The molecule has 2 amide bonds. The Morgan fingerprint density at radius 3 is 2.51 bits per heavy atom. The van der Waals surface area contributed by atoms with Crippen LogP contribution in [-0.2, 0) is 22.6 Å². The summed E-state index contributed by atoms with van der Waals surface area (Å²) in [5.74, 6) is 0.601. The van der Waals surface area contributed by atoms with Gasteiger partial charge in [-0.1, -0.05) is 29.8 Å². The molecule has 312 valence electrons. The number of hydrogen-bond acceptors (Lipinski definition) is 10. The van der Waals surface area contributed by atoms with Crippen molar-refractivity contribution in [2.75, 3.05) is 39.3 Å². The fourth-order valence-electron chi connectivity index (χ4n) is 7.59. The second kappa shape index (κ2) is 18.4. The number of para-hydroxylation sites is 1. The van der Waals surface area contributed by atoms with Crippen molar-refractivity contribution < 1.29 is 46.5 Å². The van der Waals surface area contributed by atoms with Crippen molar-refractivity contribution in [3.05, 3.63) is 119 Å². The smallest absolute Gasteiger partial charge is 0.405 e. The normalized spacial score (nSPS) is 19.7. The molecular weight excluding hydrogens is 791 g/mol. The molecule has 4 N–H and O–H groups in total. The first-order valence-electron chi connectivity index (χ1n) is 19.3. The first-order valence-corrected chi connectivity index (χ1v) is 19.7. The van der Waals surface area contributed by atoms with E-state index >= 15 is 0 Å². The summed E-state index contributed by atoms with van der Waals surface area (Å²) in [5, 5.41) is 28.1. The summed E-state index contributed by atoms with van der Waals surface area (Å²) in [4.78, 5) is 35.3. The first-order chi connectivity index (χ1) is 28.3. The van der Waals surface area contributed by atoms with Crippen LogP contribution in [-0.4, -0.2) is 101 Å². The number of pyridine rings is 1. The number of halogens is 4. The Hall–Kier alpha value is -5.19. The lowest BCUT2D eigenvalue weighted by molar-refractivity contribution is -0.143. The third kappa shape index (κ3) is 10.7. The number of fused-ring (bicyclic) bond motifs is 1. The molecule has 5 heterocycles. The van der Waals surface area contributed by atoms with E-state index in [4.69, 9.17) is 25.2 Å². The van der Waals surface area contributed by atoms with Crippen molar-refractivity contribution in [3.63, 3.8) is 0 Å². The van der Waals surface area contributed by atoms with E-state index in [1.54, 1.807) is 65.8 Å². The number of amides is 2. The van der Waals surface area contributed by atoms with Crippen LogP contribution in [0.25, 0.3) is 22.6 Å². The molecule has 59 heavy (non-hydrogen) atoms. The molecule has 7 rings (SSSR count). The molecule has 0 saturated carbocycles. The molecule has 16 heteroatoms. The molecule has 12 nitrogen and oxygen atoms in total. The van der Waals surface area contributed by atoms with Crippen LogP contribution in [0, 0.1) is 12.8 Å². The van der Waals surface area contributed by atoms with Gasteiger partial charge in [-0.15, -0.1) is 0 Å². The van der Waals surface area contributed by atoms with Crippen molar-refractivity contribution in [2.45, 2.75) is 56.8 Å². The molecule has 5 atom stereocenters. The minimum atomic E-state index is -4.62. The number of hydrogen-bond donors (Lipinski definition) is 4. The molecule has 0 radical (unpaired) electrons. The summed E-state index contributed by atoms with van der Waals surface area (Å²) >= 11 is 6.03. The van der Waals surface area contributed by atoms with Gasteiger partial charge in [-0.3, -0.25) is 24.4 Å². The van der Waals surface area contributed by atoms with E-state index in [9.17, 15) is 33.0 Å². The molecule has 1 saturated heterocycles. The van der Waals surface area contributed by atoms with E-state index in [-0.39, 0.29) is 39.1 Å². The number of aromatic nitrogens is 1. The number of ether oxygens (including phenoxy) is 1. The van der Waals surface area contributed by atoms with Crippen LogP contribution in [0.1, 0.15) is 35.1 Å². The fraction of sp³-hybridized carbons (Fsp3) is 0.372. The highest BCUT2D eigenvalue weighted by Crippen LogP contribution is 2.33. The topological polar surface area (TPSA) is 154 Å². The van der Waals surface area contributed by atoms with Crippen LogP contribution in [0.2, 0.25) is 5.02 Å². The van der Waals surface area contributed by atoms with Crippen LogP contribution in [0.3, 0.4) is 0 Å². The van der Waals surface area contributed by atoms with Crippen molar-refractivity contribution >= 4 is 23.4 Å². The molecular formula is C43H45ClF3N5O7. The lowest BCUT2D eigenvalue weighted by atomic mass is 9.92. The number of furan rings is 2. The van der Waals surface area contributed by atoms with Crippen LogP contribution in [0.4, 0.5) is 13.2 Å². The number of carbonyl (C=O) groups excluding carboxylic acids is 2. The van der Waals surface area contributed by atoms with Crippen molar-refractivity contribution in [2.24, 2.45) is 5.92 Å². The lowest BCUT2D eigenvalue weighted by Gasteiger charge is -2.41. The number of aliphatic hydroxyl groups is 2. The number of carbonyl (C=O) groups is 2. The maximum Gasteiger partial charge on any atom is 0.405 e. The first kappa shape index (κ1) is 42.0. The average Bonchev–Trinajstić information content (AvgIpc) is 3.88. The number of β-amino-alcohol motifs (C(OH)–C–C–N with tert-alkyl or cyclic N) is 1. The summed E-state index contributed by atoms with van der Waals surface area (Å²) in [5.41, 5.74) is 3.15. The number of nitrogens with zero attached hydrogens (tertiary/aromatic N) is 3. The van der Waals surface area contributed by atoms with Gasteiger partial charge < -0.3 is 34.4 Å². The molecule has 2 aliphatic heterocycles. The van der Waals surface area contributed by atoms with E-state index in [1.165, 1.54) is 0 Å². The average molecular weight is 836 g/mol. The van der Waals surface area contributed by atoms with Gasteiger partial charge in [0.15, 0.2) is 0 Å². The largest absolute Gasteiger partial charge is 0.490 e. The Balaban J connectivity index is 1.07. The number of benzene rings is 2. The Morgan fingerprint density at radius 1 is 0.983 bits per heavy atom. The third-order valence-electron chi connectivity index (χ3n) is 10.6. The molecule has 0 unspecified atom stereocenters. The Morgan fingerprint density at radius 2 is 1.73 bits per heavy atom. The molecule has 3 aromatic heterocycles. The zero-order chi connectivity index (χ0) is 41.7. The highest BCUT2D eigenvalue weighted by atomic mass is 35.5. The summed E-state index contributed by atoms with van der Waals surface area (Å²) in [6.07, 6.45) is -3.51. The van der Waals surface area contributed by atoms with Gasteiger partial charge in [0, 0.05) is 72.6 Å². The molecule has 0 bridgehead atoms. The predicted octanol–water partition coefficient (Wildman–Crippen LogP) is 5.95. The van der Waals surface area contributed by atoms with Gasteiger partial charge in [0.05, 0.1) is 18.7 Å². The van der Waals surface area contributed by atoms with E-state index < -0.39 is 54.7 Å². The van der Waals surface area contributed by atoms with Crippen LogP contribution < -0.4 is 15.4 Å². The second-order valence-corrected chi connectivity index (χ2v) is 15.4. The van der Waals surface area contributed by atoms with Gasteiger partial charge in [-0.05, 0) is 79.6 Å². The highest BCUT2D eigenvalue weighted by molar-refractivity contribution is 6.30. The Labute approximate surface area is 343 Å². The summed E-state index contributed by atoms with van der Waals surface area (Å²) < 4.78 is 57.6. The number of rotatable bonds is 14. The van der Waals surface area contributed by atoms with Gasteiger partial charge in [0.25, 0.3) is 0 Å². The molecule has 2 aromatic carbocycles. The second-order valence-electron chi connectivity index (χ2n) is 15.0. The Bertz CT molecular complexity index is 2210. The van der Waals surface area contributed by atoms with Gasteiger partial charge in [0.1, 0.15) is 54.1 Å². The number of piperazine rings is 1. The number of aryl methyl sites for hydroxylation is 1. The molecule has 2 aliphatic rings. The monoisotopic (exact) mass is 835 g/mol. The number of alkyl halides is 3. The van der Waals surface area contributed by atoms with E-state index in [1.807, 2.05) is 47.5 Å². The predicted molar refractivity (Wildman–Crippen MR) is 212 cm³/mol. The number of nitrogens with one attached hydrogen (secondary N) is 2. The maximum absolute atomic E-state index is 14.2. The van der Waals surface area contributed by atoms with Crippen LogP contribution >= 0.6 is 11.6 Å². The SMILES string of the molecule is Cc1ccncc1-c1ccc(C[C@H](C[C@H](O)CN2CCN(Cc3ccc(-c4ccc(Cl)cc4)o3)C[C@H]2C(=O)NCC(F)(F)F)C(=O)N[C@H]2c3ccccc3OC[C@H]2O)o1. The molecule has 1 fully saturated rings. The summed E-state index contributed by atoms with van der Waals surface area (Å²) in [6, 6.07) is 21.4. The molecule has 0 aliphatic carbocycles. The zero-order valence-corrected chi connectivity index (χ0v) is 33.0. The van der Waals surface area contributed by atoms with Gasteiger partial charge in [0.2, 0.25) is 11.8 Å². The maximum atomic E-state index is 14.2. The van der Waals surface area contributed by atoms with Gasteiger partial charge in [-0.2, -0.15) is 13.2 Å². The number of aliphatic hydroxyl groups excluding tert-OH is 2. The minimum Gasteiger partial charge on any atom is -0.490 e. The van der Waals surface area contributed by atoms with Crippen molar-refractivity contribution in [1.29, 1.82) is 0 Å². The lowest BCUT2D eigenvalue weighted by Crippen LogP contribution is -2.60. The third-order valence-corrected chi connectivity index (χ3v) is 10.9. The fourth-order valence-corrected chi connectivity index (χ4v) is 7.72. The molecule has 5 aromatic rings. The van der Waals surface area contributed by atoms with E-state index in [0.29, 0.717) is 52.5 Å². The molecule has 0 spiro atoms. The van der Waals surface area contributed by atoms with Gasteiger partial charge >= 0.3 is 6.18 Å². The van der Waals surface area contributed by atoms with Gasteiger partial charge in [-0.25, -0.2) is 0 Å². The van der Waals surface area contributed by atoms with Crippen molar-refractivity contribution in [3.8, 4) is 28.4 Å².